The summed E-state index contributed by atoms with van der Waals surface area (Å²) in [6.07, 6.45) is -4.23. The number of alkyl halides is 3. The normalized spacial score (nSPS) is 16.2. The molecule has 0 spiro atoms. The molecule has 0 saturated heterocycles. The third-order valence-corrected chi connectivity index (χ3v) is 8.81. The zero-order valence-electron chi connectivity index (χ0n) is 23.6. The molecule has 1 saturated carbocycles. The van der Waals surface area contributed by atoms with Crippen LogP contribution in [0.5, 0.6) is 5.75 Å². The summed E-state index contributed by atoms with van der Waals surface area (Å²) in [5, 5.41) is 0.979. The average Bonchev–Trinajstić information content (AvgIpc) is 3.72. The molecule has 43 heavy (non-hydrogen) atoms. The van der Waals surface area contributed by atoms with Crippen molar-refractivity contribution in [3.63, 3.8) is 0 Å². The van der Waals surface area contributed by atoms with E-state index in [1.807, 2.05) is 37.3 Å². The minimum atomic E-state index is -4.91. The highest BCUT2D eigenvalue weighted by molar-refractivity contribution is 7.22. The summed E-state index contributed by atoms with van der Waals surface area (Å²) in [5.74, 6) is -2.28. The van der Waals surface area contributed by atoms with E-state index in [1.54, 1.807) is 0 Å². The van der Waals surface area contributed by atoms with Gasteiger partial charge in [0.2, 0.25) is 0 Å². The van der Waals surface area contributed by atoms with Crippen molar-refractivity contribution in [2.45, 2.75) is 44.9 Å². The Bertz CT molecular complexity index is 1850. The molecule has 11 heteroatoms. The molecule has 0 unspecified atom stereocenters. The molecule has 1 heterocycles. The number of halogens is 5. The van der Waals surface area contributed by atoms with E-state index in [-0.39, 0.29) is 35.0 Å². The summed E-state index contributed by atoms with van der Waals surface area (Å²) in [7, 11) is 4.86. The van der Waals surface area contributed by atoms with Gasteiger partial charge in [0.05, 0.1) is 24.8 Å². The molecule has 4 aromatic rings. The molecule has 1 aliphatic carbocycles. The van der Waals surface area contributed by atoms with Crippen LogP contribution in [0.1, 0.15) is 35.7 Å². The molecule has 0 radical (unpaired) electrons. The topological polar surface area (TPSA) is 53.2 Å². The maximum atomic E-state index is 15.6. The van der Waals surface area contributed by atoms with Crippen LogP contribution in [0.4, 0.5) is 22.0 Å². The van der Waals surface area contributed by atoms with Crippen LogP contribution in [-0.4, -0.2) is 21.5 Å². The van der Waals surface area contributed by atoms with Crippen LogP contribution >= 0.6 is 8.86 Å². The Morgan fingerprint density at radius 3 is 2.21 bits per heavy atom. The molecule has 0 bridgehead atoms. The number of ether oxygens (including phenoxy) is 1. The van der Waals surface area contributed by atoms with Crippen molar-refractivity contribution in [1.82, 2.24) is 9.13 Å². The van der Waals surface area contributed by atoms with Gasteiger partial charge in [0, 0.05) is 28.8 Å². The van der Waals surface area contributed by atoms with Crippen molar-refractivity contribution in [3.05, 3.63) is 122 Å². The average molecular weight is 615 g/mol. The Kier molecular flexibility index (Phi) is 7.94. The van der Waals surface area contributed by atoms with E-state index in [0.29, 0.717) is 6.42 Å². The van der Waals surface area contributed by atoms with Gasteiger partial charge in [-0.3, -0.25) is 13.9 Å². The first kappa shape index (κ1) is 30.4. The lowest BCUT2D eigenvalue weighted by atomic mass is 9.77. The quantitative estimate of drug-likeness (QED) is 0.165. The van der Waals surface area contributed by atoms with Gasteiger partial charge in [-0.15, -0.1) is 8.86 Å². The van der Waals surface area contributed by atoms with Gasteiger partial charge in [0.1, 0.15) is 5.82 Å². The molecular weight excluding hydrogens is 586 g/mol. The summed E-state index contributed by atoms with van der Waals surface area (Å²) in [5.41, 5.74) is -4.32. The predicted octanol–water partition coefficient (Wildman–Crippen LogP) is 6.63. The molecule has 0 aliphatic heterocycles. The maximum Gasteiger partial charge on any atom is 0.416 e. The summed E-state index contributed by atoms with van der Waals surface area (Å²) in [4.78, 5) is 28.3. The van der Waals surface area contributed by atoms with Crippen molar-refractivity contribution in [2.24, 2.45) is 5.92 Å². The zero-order valence-corrected chi connectivity index (χ0v) is 24.6. The molecule has 0 N–H and O–H groups in total. The van der Waals surface area contributed by atoms with Crippen LogP contribution in [0.15, 0.2) is 76.3 Å². The molecule has 1 fully saturated rings. The van der Waals surface area contributed by atoms with E-state index in [0.717, 1.165) is 38.2 Å². The minimum Gasteiger partial charge on any atom is -0.494 e. The first-order chi connectivity index (χ1) is 20.3. The third-order valence-electron chi connectivity index (χ3n) is 8.25. The van der Waals surface area contributed by atoms with Gasteiger partial charge in [-0.2, -0.15) is 13.2 Å². The number of nitrogens with zero attached hydrogens (tertiary/aromatic N) is 2. The van der Waals surface area contributed by atoms with E-state index >= 15 is 4.39 Å². The largest absolute Gasteiger partial charge is 0.494 e. The van der Waals surface area contributed by atoms with Gasteiger partial charge in [-0.1, -0.05) is 55.5 Å². The Morgan fingerprint density at radius 1 is 0.953 bits per heavy atom. The zero-order chi connectivity index (χ0) is 31.3. The fourth-order valence-electron chi connectivity index (χ4n) is 5.76. The van der Waals surface area contributed by atoms with Crippen molar-refractivity contribution in [3.8, 4) is 16.9 Å². The summed E-state index contributed by atoms with van der Waals surface area (Å²) >= 11 is 0. The van der Waals surface area contributed by atoms with E-state index in [9.17, 15) is 27.2 Å². The molecule has 2 atom stereocenters. The van der Waals surface area contributed by atoms with E-state index in [1.165, 1.54) is 32.2 Å². The van der Waals surface area contributed by atoms with Crippen molar-refractivity contribution >= 4 is 14.2 Å². The lowest BCUT2D eigenvalue weighted by Gasteiger charge is -2.31. The Balaban J connectivity index is 1.81. The Morgan fingerprint density at radius 2 is 1.60 bits per heavy atom. The first-order valence-corrected chi connectivity index (χ1v) is 13.9. The second-order valence-corrected chi connectivity index (χ2v) is 11.5. The summed E-state index contributed by atoms with van der Waals surface area (Å²) < 4.78 is 79.3. The monoisotopic (exact) mass is 614 g/mol. The van der Waals surface area contributed by atoms with Crippen LogP contribution in [0.3, 0.4) is 0 Å². The van der Waals surface area contributed by atoms with Gasteiger partial charge >= 0.3 is 11.9 Å². The molecule has 1 aromatic heterocycles. The number of methoxy groups -OCH3 is 1. The lowest BCUT2D eigenvalue weighted by molar-refractivity contribution is -0.138. The first-order valence-electron chi connectivity index (χ1n) is 13.4. The number of hydrogen-bond donors (Lipinski definition) is 0. The highest BCUT2D eigenvalue weighted by Gasteiger charge is 2.47. The standard InChI is InChI=1S/C32H28F5N2O3P/c1-18-27(20-11-7-14-25(42-3)28(20)34)29(40)39(17-31(2,23-15-26(23)43)19-9-5-4-6-10-19)30(41)38(18)16-21-22(32(35,36)37)12-8-13-24(21)33/h4-14,23,43H,15-17H2,1-3H3/t23-,31-/m1/s1. The summed E-state index contributed by atoms with van der Waals surface area (Å²) in [6, 6.07) is 15.9. The minimum absolute atomic E-state index is 0.0620. The highest BCUT2D eigenvalue weighted by atomic mass is 31.0. The predicted molar refractivity (Wildman–Crippen MR) is 157 cm³/mol. The molecule has 224 valence electrons. The second kappa shape index (κ2) is 11.2. The fraction of sp³-hybridized carbons (Fsp3) is 0.281. The number of benzene rings is 3. The number of rotatable bonds is 8. The highest BCUT2D eigenvalue weighted by Crippen LogP contribution is 2.46. The Labute approximate surface area is 246 Å². The lowest BCUT2D eigenvalue weighted by Crippen LogP contribution is -2.47. The van der Waals surface area contributed by atoms with Crippen LogP contribution in [0.2, 0.25) is 0 Å². The van der Waals surface area contributed by atoms with Gasteiger partial charge in [0.25, 0.3) is 5.56 Å². The van der Waals surface area contributed by atoms with Gasteiger partial charge in [-0.05, 0) is 48.3 Å². The molecule has 3 aromatic carbocycles. The fourth-order valence-corrected chi connectivity index (χ4v) is 6.28. The van der Waals surface area contributed by atoms with Crippen molar-refractivity contribution in [1.29, 1.82) is 0 Å². The number of aromatic nitrogens is 2. The van der Waals surface area contributed by atoms with Crippen LogP contribution in [-0.2, 0) is 24.7 Å². The van der Waals surface area contributed by atoms with E-state index in [4.69, 9.17) is 4.74 Å². The molecule has 5 nitrogen and oxygen atoms in total. The smallest absolute Gasteiger partial charge is 0.416 e. The molecule has 5 rings (SSSR count). The van der Waals surface area contributed by atoms with E-state index in [2.05, 4.69) is 8.86 Å². The van der Waals surface area contributed by atoms with E-state index < -0.39 is 52.1 Å². The van der Waals surface area contributed by atoms with Gasteiger partial charge in [0.15, 0.2) is 11.6 Å². The molecule has 1 aliphatic rings. The van der Waals surface area contributed by atoms with Crippen LogP contribution in [0, 0.1) is 24.5 Å². The molecule has 0 amide bonds. The second-order valence-electron chi connectivity index (χ2n) is 10.9. The SMILES string of the molecule is COc1cccc(-c2c(C)n(Cc3c(F)cccc3C(F)(F)F)c(=O)n(C[C@](C)(c3ccccc3)[C@@H]3CC3=P)c2=O)c1F. The number of hydrogen-bond acceptors (Lipinski definition) is 3. The van der Waals surface area contributed by atoms with Gasteiger partial charge < -0.3 is 4.74 Å². The van der Waals surface area contributed by atoms with Crippen molar-refractivity contribution in [2.75, 3.05) is 7.11 Å². The van der Waals surface area contributed by atoms with Crippen LogP contribution in [0.25, 0.3) is 11.1 Å². The Hall–Kier alpha value is -4.04. The van der Waals surface area contributed by atoms with Gasteiger partial charge in [-0.25, -0.2) is 13.6 Å². The molecular formula is C32H28F5N2O3P. The third kappa shape index (κ3) is 5.44. The maximum absolute atomic E-state index is 15.6. The summed E-state index contributed by atoms with van der Waals surface area (Å²) in [6.45, 7) is 2.21. The van der Waals surface area contributed by atoms with Crippen molar-refractivity contribution < 1.29 is 26.7 Å². The van der Waals surface area contributed by atoms with Crippen LogP contribution < -0.4 is 16.0 Å².